The minimum Gasteiger partial charge on any atom is -0.490 e. The van der Waals surface area contributed by atoms with Crippen molar-refractivity contribution in [1.82, 2.24) is 0 Å². The number of unbranched alkanes of at least 4 members (excludes halogenated alkanes) is 1. The first kappa shape index (κ1) is 16.6. The van der Waals surface area contributed by atoms with E-state index in [4.69, 9.17) is 10.00 Å². The van der Waals surface area contributed by atoms with E-state index in [0.29, 0.717) is 12.1 Å². The lowest BCUT2D eigenvalue weighted by Crippen LogP contribution is -2.18. The van der Waals surface area contributed by atoms with E-state index in [0.717, 1.165) is 24.2 Å². The first-order valence-electron chi connectivity index (χ1n) is 7.65. The van der Waals surface area contributed by atoms with Gasteiger partial charge in [0.1, 0.15) is 5.75 Å². The van der Waals surface area contributed by atoms with Gasteiger partial charge in [-0.15, -0.1) is 0 Å². The van der Waals surface area contributed by atoms with Crippen molar-refractivity contribution in [2.24, 2.45) is 0 Å². The van der Waals surface area contributed by atoms with Gasteiger partial charge in [-0.3, -0.25) is 4.72 Å². The van der Waals surface area contributed by atoms with E-state index in [1.165, 1.54) is 12.8 Å². The summed E-state index contributed by atoms with van der Waals surface area (Å²) < 4.78 is 32.6. The molecule has 1 aliphatic rings. The number of nitriles is 1. The zero-order valence-electron chi connectivity index (χ0n) is 12.8. The van der Waals surface area contributed by atoms with Gasteiger partial charge in [0.2, 0.25) is 10.0 Å². The van der Waals surface area contributed by atoms with Gasteiger partial charge in [0.05, 0.1) is 23.6 Å². The molecule has 6 heteroatoms. The third-order valence-electron chi connectivity index (χ3n) is 3.85. The highest BCUT2D eigenvalue weighted by molar-refractivity contribution is 7.92. The van der Waals surface area contributed by atoms with E-state index < -0.39 is 10.0 Å². The molecule has 1 N–H and O–H groups in total. The molecule has 22 heavy (non-hydrogen) atoms. The van der Waals surface area contributed by atoms with Crippen molar-refractivity contribution in [3.05, 3.63) is 23.8 Å². The average Bonchev–Trinajstić information content (AvgIpc) is 2.96. The monoisotopic (exact) mass is 322 g/mol. The van der Waals surface area contributed by atoms with Gasteiger partial charge < -0.3 is 4.74 Å². The molecular weight excluding hydrogens is 300 g/mol. The molecule has 0 spiro atoms. The molecule has 0 bridgehead atoms. The maximum absolute atomic E-state index is 12.0. The van der Waals surface area contributed by atoms with Crippen molar-refractivity contribution in [1.29, 1.82) is 5.26 Å². The fourth-order valence-corrected chi connectivity index (χ4v) is 3.78. The number of ether oxygens (including phenoxy) is 1. The molecule has 0 atom stereocenters. The van der Waals surface area contributed by atoms with Gasteiger partial charge in [-0.2, -0.15) is 5.26 Å². The van der Waals surface area contributed by atoms with Crippen LogP contribution in [0, 0.1) is 18.3 Å². The Kier molecular flexibility index (Phi) is 5.67. The Labute approximate surface area is 132 Å². The normalized spacial score (nSPS) is 15.5. The van der Waals surface area contributed by atoms with Crippen LogP contribution >= 0.6 is 0 Å². The molecule has 0 radical (unpaired) electrons. The smallest absolute Gasteiger partial charge is 0.232 e. The highest BCUT2D eigenvalue weighted by Gasteiger charge is 2.19. The van der Waals surface area contributed by atoms with Crippen LogP contribution in [0.5, 0.6) is 5.75 Å². The summed E-state index contributed by atoms with van der Waals surface area (Å²) in [5.41, 5.74) is 1.35. The predicted molar refractivity (Wildman–Crippen MR) is 86.3 cm³/mol. The highest BCUT2D eigenvalue weighted by atomic mass is 32.2. The fourth-order valence-electron chi connectivity index (χ4n) is 2.60. The Morgan fingerprint density at radius 3 is 2.77 bits per heavy atom. The van der Waals surface area contributed by atoms with Crippen molar-refractivity contribution < 1.29 is 13.2 Å². The van der Waals surface area contributed by atoms with Crippen LogP contribution < -0.4 is 9.46 Å². The van der Waals surface area contributed by atoms with Gasteiger partial charge in [-0.25, -0.2) is 8.42 Å². The summed E-state index contributed by atoms with van der Waals surface area (Å²) >= 11 is 0. The molecule has 2 rings (SSSR count). The quantitative estimate of drug-likeness (QED) is 0.781. The van der Waals surface area contributed by atoms with Crippen molar-refractivity contribution in [2.75, 3.05) is 10.5 Å². The van der Waals surface area contributed by atoms with Crippen LogP contribution in [-0.4, -0.2) is 20.3 Å². The summed E-state index contributed by atoms with van der Waals surface area (Å²) in [5, 5.41) is 8.49. The summed E-state index contributed by atoms with van der Waals surface area (Å²) in [7, 11) is -3.43. The standard InChI is InChI=1S/C16H22N2O3S/c1-13-15(18-22(19,20)12-5-4-11-17)9-6-10-16(13)21-14-7-2-3-8-14/h6,9-10,14,18H,2-5,7-8,12H2,1H3. The number of nitrogens with one attached hydrogen (secondary N) is 1. The minimum atomic E-state index is -3.43. The zero-order valence-corrected chi connectivity index (χ0v) is 13.7. The van der Waals surface area contributed by atoms with E-state index in [-0.39, 0.29) is 18.3 Å². The summed E-state index contributed by atoms with van der Waals surface area (Å²) in [4.78, 5) is 0. The molecule has 0 saturated heterocycles. The lowest BCUT2D eigenvalue weighted by molar-refractivity contribution is 0.209. The predicted octanol–water partition coefficient (Wildman–Crippen LogP) is 3.36. The van der Waals surface area contributed by atoms with E-state index in [2.05, 4.69) is 4.72 Å². The molecular formula is C16H22N2O3S. The van der Waals surface area contributed by atoms with Crippen LogP contribution in [0.25, 0.3) is 0 Å². The molecule has 0 unspecified atom stereocenters. The number of nitrogens with zero attached hydrogens (tertiary/aromatic N) is 1. The van der Waals surface area contributed by atoms with Crippen LogP contribution in [0.4, 0.5) is 5.69 Å². The van der Waals surface area contributed by atoms with Crippen LogP contribution in [-0.2, 0) is 10.0 Å². The molecule has 0 heterocycles. The van der Waals surface area contributed by atoms with E-state index in [9.17, 15) is 8.42 Å². The number of sulfonamides is 1. The lowest BCUT2D eigenvalue weighted by atomic mass is 10.2. The Balaban J connectivity index is 2.06. The molecule has 1 fully saturated rings. The van der Waals surface area contributed by atoms with Crippen LogP contribution in [0.15, 0.2) is 18.2 Å². The lowest BCUT2D eigenvalue weighted by Gasteiger charge is -2.17. The SMILES string of the molecule is Cc1c(NS(=O)(=O)CCCC#N)cccc1OC1CCCC1. The largest absolute Gasteiger partial charge is 0.490 e. The number of benzene rings is 1. The summed E-state index contributed by atoms with van der Waals surface area (Å²) in [6.45, 7) is 1.86. The number of hydrogen-bond acceptors (Lipinski definition) is 4. The van der Waals surface area contributed by atoms with Gasteiger partial charge in [-0.1, -0.05) is 6.07 Å². The van der Waals surface area contributed by atoms with Crippen LogP contribution in [0.3, 0.4) is 0 Å². The van der Waals surface area contributed by atoms with E-state index in [1.807, 2.05) is 19.1 Å². The first-order chi connectivity index (χ1) is 10.5. The Hall–Kier alpha value is -1.74. The van der Waals surface area contributed by atoms with Crippen molar-refractivity contribution in [2.45, 2.75) is 51.6 Å². The van der Waals surface area contributed by atoms with E-state index in [1.54, 1.807) is 12.1 Å². The van der Waals surface area contributed by atoms with Gasteiger partial charge in [0.15, 0.2) is 0 Å². The second-order valence-electron chi connectivity index (χ2n) is 5.64. The molecule has 0 amide bonds. The maximum Gasteiger partial charge on any atom is 0.232 e. The molecule has 1 saturated carbocycles. The number of rotatable bonds is 7. The minimum absolute atomic E-state index is 0.0479. The molecule has 1 aliphatic carbocycles. The molecule has 120 valence electrons. The zero-order chi connectivity index (χ0) is 16.0. The number of anilines is 1. The Morgan fingerprint density at radius 1 is 1.36 bits per heavy atom. The first-order valence-corrected chi connectivity index (χ1v) is 9.31. The molecule has 5 nitrogen and oxygen atoms in total. The summed E-state index contributed by atoms with van der Waals surface area (Å²) in [6.07, 6.45) is 5.31. The van der Waals surface area contributed by atoms with Gasteiger partial charge in [0, 0.05) is 12.0 Å². The fraction of sp³-hybridized carbons (Fsp3) is 0.562. The molecule has 0 aliphatic heterocycles. The third kappa shape index (κ3) is 4.63. The van der Waals surface area contributed by atoms with Crippen molar-refractivity contribution >= 4 is 15.7 Å². The molecule has 0 aromatic heterocycles. The number of hydrogen-bond donors (Lipinski definition) is 1. The van der Waals surface area contributed by atoms with Gasteiger partial charge >= 0.3 is 0 Å². The third-order valence-corrected chi connectivity index (χ3v) is 5.20. The van der Waals surface area contributed by atoms with Crippen molar-refractivity contribution in [3.63, 3.8) is 0 Å². The Morgan fingerprint density at radius 2 is 2.09 bits per heavy atom. The topological polar surface area (TPSA) is 79.2 Å². The van der Waals surface area contributed by atoms with Gasteiger partial charge in [0.25, 0.3) is 0 Å². The summed E-state index contributed by atoms with van der Waals surface area (Å²) in [5.74, 6) is 0.692. The van der Waals surface area contributed by atoms with E-state index >= 15 is 0 Å². The maximum atomic E-state index is 12.0. The molecule has 1 aromatic carbocycles. The average molecular weight is 322 g/mol. The second-order valence-corrected chi connectivity index (χ2v) is 7.48. The van der Waals surface area contributed by atoms with Gasteiger partial charge in [-0.05, 0) is 51.2 Å². The second kappa shape index (κ2) is 7.50. The van der Waals surface area contributed by atoms with Crippen molar-refractivity contribution in [3.8, 4) is 11.8 Å². The Bertz CT molecular complexity index is 644. The highest BCUT2D eigenvalue weighted by Crippen LogP contribution is 2.30. The molecule has 1 aromatic rings. The summed E-state index contributed by atoms with van der Waals surface area (Å²) in [6, 6.07) is 7.36. The van der Waals surface area contributed by atoms with Crippen LogP contribution in [0.2, 0.25) is 0 Å². The van der Waals surface area contributed by atoms with Crippen LogP contribution in [0.1, 0.15) is 44.1 Å².